The molecule has 0 fully saturated rings. The molecule has 1 aliphatic rings. The van der Waals surface area contributed by atoms with Crippen molar-refractivity contribution in [1.82, 2.24) is 0 Å². The molecule has 0 aromatic heterocycles. The van der Waals surface area contributed by atoms with E-state index in [0.717, 1.165) is 5.56 Å². The van der Waals surface area contributed by atoms with Crippen LogP contribution in [0.25, 0.3) is 6.08 Å². The highest BCUT2D eigenvalue weighted by molar-refractivity contribution is 6.15. The molecule has 5 heteroatoms. The summed E-state index contributed by atoms with van der Waals surface area (Å²) in [6, 6.07) is 11.4. The first-order valence-electron chi connectivity index (χ1n) is 9.67. The van der Waals surface area contributed by atoms with Crippen LogP contribution >= 0.6 is 0 Å². The number of esters is 1. The maximum absolute atomic E-state index is 12.7. The quantitative estimate of drug-likeness (QED) is 0.536. The van der Waals surface area contributed by atoms with E-state index in [2.05, 4.69) is 32.9 Å². The molecule has 29 heavy (non-hydrogen) atoms. The summed E-state index contributed by atoms with van der Waals surface area (Å²) in [6.07, 6.45) is 1.74. The smallest absolute Gasteiger partial charge is 0.344 e. The molecule has 5 nitrogen and oxygen atoms in total. The summed E-state index contributed by atoms with van der Waals surface area (Å²) >= 11 is 0. The largest absolute Gasteiger partial charge is 0.481 e. The predicted octanol–water partition coefficient (Wildman–Crippen LogP) is 4.85. The van der Waals surface area contributed by atoms with E-state index < -0.39 is 5.97 Å². The van der Waals surface area contributed by atoms with Crippen LogP contribution < -0.4 is 9.47 Å². The molecule has 0 amide bonds. The van der Waals surface area contributed by atoms with Crippen molar-refractivity contribution in [3.63, 3.8) is 0 Å². The standard InChI is InChI=1S/C24H26O5/c1-6-27-21(25)14-28-19-12-11-18-22(26)20(29-23(18)15(19)2)13-16-7-9-17(10-8-16)24(3,4)5/h7-13H,6,14H2,1-5H3/b20-13-. The van der Waals surface area contributed by atoms with Gasteiger partial charge in [0.15, 0.2) is 12.4 Å². The summed E-state index contributed by atoms with van der Waals surface area (Å²) in [5.41, 5.74) is 3.35. The number of carbonyl (C=O) groups is 2. The maximum atomic E-state index is 12.7. The van der Waals surface area contributed by atoms with Crippen molar-refractivity contribution in [2.45, 2.75) is 40.0 Å². The van der Waals surface area contributed by atoms with Gasteiger partial charge in [0.25, 0.3) is 0 Å². The molecule has 152 valence electrons. The molecule has 1 heterocycles. The van der Waals surface area contributed by atoms with Gasteiger partial charge in [-0.15, -0.1) is 0 Å². The zero-order valence-electron chi connectivity index (χ0n) is 17.5. The number of ether oxygens (including phenoxy) is 3. The summed E-state index contributed by atoms with van der Waals surface area (Å²) < 4.78 is 16.3. The molecular weight excluding hydrogens is 368 g/mol. The Hall–Kier alpha value is -3.08. The van der Waals surface area contributed by atoms with Gasteiger partial charge in [0.05, 0.1) is 12.2 Å². The number of hydrogen-bond donors (Lipinski definition) is 0. The van der Waals surface area contributed by atoms with E-state index in [1.807, 2.05) is 12.1 Å². The van der Waals surface area contributed by atoms with Gasteiger partial charge in [0, 0.05) is 5.56 Å². The molecule has 0 atom stereocenters. The summed E-state index contributed by atoms with van der Waals surface area (Å²) in [5.74, 6) is 0.618. The SMILES string of the molecule is CCOC(=O)COc1ccc2c(c1C)O/C(=C\c1ccc(C(C)(C)C)cc1)C2=O. The lowest BCUT2D eigenvalue weighted by atomic mass is 9.86. The maximum Gasteiger partial charge on any atom is 0.344 e. The highest BCUT2D eigenvalue weighted by Crippen LogP contribution is 2.39. The van der Waals surface area contributed by atoms with Gasteiger partial charge in [-0.1, -0.05) is 45.0 Å². The van der Waals surface area contributed by atoms with E-state index in [-0.39, 0.29) is 23.6 Å². The van der Waals surface area contributed by atoms with Gasteiger partial charge in [-0.25, -0.2) is 4.79 Å². The number of fused-ring (bicyclic) bond motifs is 1. The first-order valence-corrected chi connectivity index (χ1v) is 9.67. The highest BCUT2D eigenvalue weighted by atomic mass is 16.6. The summed E-state index contributed by atoms with van der Waals surface area (Å²) in [4.78, 5) is 24.2. The van der Waals surface area contributed by atoms with Crippen molar-refractivity contribution < 1.29 is 23.8 Å². The van der Waals surface area contributed by atoms with Gasteiger partial charge in [0.1, 0.15) is 11.5 Å². The van der Waals surface area contributed by atoms with Crippen LogP contribution in [0.5, 0.6) is 11.5 Å². The fourth-order valence-electron chi connectivity index (χ4n) is 3.09. The molecule has 0 radical (unpaired) electrons. The molecule has 0 N–H and O–H groups in total. The van der Waals surface area contributed by atoms with Crippen LogP contribution in [-0.4, -0.2) is 25.0 Å². The minimum absolute atomic E-state index is 0.0681. The van der Waals surface area contributed by atoms with E-state index in [1.54, 1.807) is 32.1 Å². The molecule has 0 aliphatic carbocycles. The average molecular weight is 394 g/mol. The Kier molecular flexibility index (Phi) is 5.78. The van der Waals surface area contributed by atoms with Crippen LogP contribution in [0.3, 0.4) is 0 Å². The number of ketones is 1. The lowest BCUT2D eigenvalue weighted by Crippen LogP contribution is -2.15. The third kappa shape index (κ3) is 4.50. The minimum Gasteiger partial charge on any atom is -0.481 e. The van der Waals surface area contributed by atoms with Gasteiger partial charge in [-0.3, -0.25) is 4.79 Å². The van der Waals surface area contributed by atoms with E-state index >= 15 is 0 Å². The van der Waals surface area contributed by atoms with Gasteiger partial charge in [-0.05, 0) is 48.6 Å². The molecule has 2 aromatic carbocycles. The Morgan fingerprint density at radius 2 is 1.79 bits per heavy atom. The van der Waals surface area contributed by atoms with Crippen LogP contribution in [0.1, 0.15) is 54.7 Å². The number of rotatable bonds is 5. The molecule has 0 unspecified atom stereocenters. The molecule has 0 bridgehead atoms. The molecule has 3 rings (SSSR count). The van der Waals surface area contributed by atoms with Crippen molar-refractivity contribution in [3.05, 3.63) is 64.4 Å². The van der Waals surface area contributed by atoms with Crippen LogP contribution in [-0.2, 0) is 14.9 Å². The normalized spacial score (nSPS) is 14.5. The Labute approximate surface area is 171 Å². The number of Topliss-reactive ketones (excluding diaryl/α,β-unsaturated/α-hetero) is 1. The first kappa shape index (κ1) is 20.6. The lowest BCUT2D eigenvalue weighted by molar-refractivity contribution is -0.145. The molecule has 0 saturated heterocycles. The Balaban J connectivity index is 1.80. The van der Waals surface area contributed by atoms with Crippen LogP contribution in [0.4, 0.5) is 0 Å². The summed E-state index contributed by atoms with van der Waals surface area (Å²) in [5, 5.41) is 0. The summed E-state index contributed by atoms with van der Waals surface area (Å²) in [6.45, 7) is 10.1. The average Bonchev–Trinajstić information content (AvgIpc) is 2.98. The van der Waals surface area contributed by atoms with Gasteiger partial charge in [0.2, 0.25) is 5.78 Å². The second kappa shape index (κ2) is 8.11. The van der Waals surface area contributed by atoms with Crippen molar-refractivity contribution in [1.29, 1.82) is 0 Å². The lowest BCUT2D eigenvalue weighted by Gasteiger charge is -2.18. The third-order valence-electron chi connectivity index (χ3n) is 4.76. The Morgan fingerprint density at radius 1 is 1.10 bits per heavy atom. The van der Waals surface area contributed by atoms with E-state index in [0.29, 0.717) is 29.2 Å². The van der Waals surface area contributed by atoms with Crippen molar-refractivity contribution in [2.24, 2.45) is 0 Å². The predicted molar refractivity (Wildman–Crippen MR) is 111 cm³/mol. The third-order valence-corrected chi connectivity index (χ3v) is 4.76. The zero-order valence-corrected chi connectivity index (χ0v) is 17.5. The summed E-state index contributed by atoms with van der Waals surface area (Å²) in [7, 11) is 0. The zero-order chi connectivity index (χ0) is 21.2. The fourth-order valence-corrected chi connectivity index (χ4v) is 3.09. The van der Waals surface area contributed by atoms with E-state index in [9.17, 15) is 9.59 Å². The molecule has 0 spiro atoms. The number of carbonyl (C=O) groups excluding carboxylic acids is 2. The van der Waals surface area contributed by atoms with Crippen LogP contribution in [0.15, 0.2) is 42.2 Å². The minimum atomic E-state index is -0.441. The van der Waals surface area contributed by atoms with Crippen molar-refractivity contribution in [3.8, 4) is 11.5 Å². The molecule has 1 aliphatic heterocycles. The number of benzene rings is 2. The van der Waals surface area contributed by atoms with E-state index in [1.165, 1.54) is 5.56 Å². The van der Waals surface area contributed by atoms with Crippen LogP contribution in [0.2, 0.25) is 0 Å². The van der Waals surface area contributed by atoms with Crippen molar-refractivity contribution in [2.75, 3.05) is 13.2 Å². The van der Waals surface area contributed by atoms with Gasteiger partial charge >= 0.3 is 5.97 Å². The van der Waals surface area contributed by atoms with Gasteiger partial charge < -0.3 is 14.2 Å². The van der Waals surface area contributed by atoms with Crippen LogP contribution in [0, 0.1) is 6.92 Å². The van der Waals surface area contributed by atoms with Crippen molar-refractivity contribution >= 4 is 17.8 Å². The number of allylic oxidation sites excluding steroid dienone is 1. The Bertz CT molecular complexity index is 962. The molecule has 2 aromatic rings. The fraction of sp³-hybridized carbons (Fsp3) is 0.333. The monoisotopic (exact) mass is 394 g/mol. The van der Waals surface area contributed by atoms with E-state index in [4.69, 9.17) is 14.2 Å². The highest BCUT2D eigenvalue weighted by Gasteiger charge is 2.30. The molecular formula is C24H26O5. The second-order valence-corrected chi connectivity index (χ2v) is 7.97. The topological polar surface area (TPSA) is 61.8 Å². The first-order chi connectivity index (χ1) is 13.7. The molecule has 0 saturated carbocycles. The Morgan fingerprint density at radius 3 is 2.41 bits per heavy atom. The van der Waals surface area contributed by atoms with Gasteiger partial charge in [-0.2, -0.15) is 0 Å². The number of hydrogen-bond acceptors (Lipinski definition) is 5. The second-order valence-electron chi connectivity index (χ2n) is 7.97.